The van der Waals surface area contributed by atoms with Gasteiger partial charge in [-0.05, 0) is 49.6 Å². The fraction of sp³-hybridized carbons (Fsp3) is 0.318. The van der Waals surface area contributed by atoms with Crippen molar-refractivity contribution >= 4 is 5.91 Å². The van der Waals surface area contributed by atoms with Crippen molar-refractivity contribution in [1.82, 2.24) is 15.1 Å². The fourth-order valence-corrected chi connectivity index (χ4v) is 3.44. The van der Waals surface area contributed by atoms with Crippen molar-refractivity contribution in [2.24, 2.45) is 0 Å². The van der Waals surface area contributed by atoms with Crippen molar-refractivity contribution < 1.29 is 13.9 Å². The second-order valence-electron chi connectivity index (χ2n) is 7.10. The molecule has 6 heteroatoms. The molecule has 4 rings (SSSR count). The lowest BCUT2D eigenvalue weighted by molar-refractivity contribution is -0.134. The largest absolute Gasteiger partial charge is 0.484 e. The maximum absolute atomic E-state index is 12.6. The quantitative estimate of drug-likeness (QED) is 0.676. The molecule has 0 N–H and O–H groups in total. The van der Waals surface area contributed by atoms with Crippen LogP contribution in [0.2, 0.25) is 0 Å². The molecule has 0 unspecified atom stereocenters. The first-order chi connectivity index (χ1) is 13.7. The third kappa shape index (κ3) is 4.22. The van der Waals surface area contributed by atoms with Gasteiger partial charge in [0.05, 0.1) is 5.92 Å². The minimum Gasteiger partial charge on any atom is -0.484 e. The maximum atomic E-state index is 12.6. The van der Waals surface area contributed by atoms with Gasteiger partial charge < -0.3 is 14.1 Å². The Morgan fingerprint density at radius 1 is 1.18 bits per heavy atom. The summed E-state index contributed by atoms with van der Waals surface area (Å²) in [5.74, 6) is 1.86. The zero-order valence-corrected chi connectivity index (χ0v) is 15.9. The molecule has 0 aliphatic carbocycles. The number of aromatic nitrogens is 2. The number of carbonyl (C=O) groups is 1. The SMILES string of the molecule is Cc1cccc(OCC(=O)N2CCC[C@@H](c3nnc(-c4ccccc4)o3)C2)c1. The maximum Gasteiger partial charge on any atom is 0.260 e. The summed E-state index contributed by atoms with van der Waals surface area (Å²) in [5, 5.41) is 8.40. The molecule has 1 aromatic heterocycles. The van der Waals surface area contributed by atoms with Gasteiger partial charge in [-0.1, -0.05) is 30.3 Å². The molecule has 1 saturated heterocycles. The van der Waals surface area contributed by atoms with Gasteiger partial charge in [-0.2, -0.15) is 0 Å². The van der Waals surface area contributed by atoms with Crippen LogP contribution < -0.4 is 4.74 Å². The minimum atomic E-state index is -0.0194. The number of amides is 1. The minimum absolute atomic E-state index is 0.0194. The molecule has 0 saturated carbocycles. The van der Waals surface area contributed by atoms with Crippen LogP contribution in [0, 0.1) is 6.92 Å². The van der Waals surface area contributed by atoms with Gasteiger partial charge in [-0.15, -0.1) is 10.2 Å². The monoisotopic (exact) mass is 377 g/mol. The van der Waals surface area contributed by atoms with Crippen LogP contribution in [0.5, 0.6) is 5.75 Å². The van der Waals surface area contributed by atoms with Gasteiger partial charge in [0.1, 0.15) is 5.75 Å². The Hall–Kier alpha value is -3.15. The summed E-state index contributed by atoms with van der Waals surface area (Å²) in [6.45, 7) is 3.34. The molecule has 2 heterocycles. The van der Waals surface area contributed by atoms with Gasteiger partial charge in [0, 0.05) is 18.7 Å². The molecule has 3 aromatic rings. The molecule has 1 fully saturated rings. The molecule has 1 aliphatic rings. The van der Waals surface area contributed by atoms with E-state index >= 15 is 0 Å². The highest BCUT2D eigenvalue weighted by atomic mass is 16.5. The zero-order valence-electron chi connectivity index (χ0n) is 15.9. The van der Waals surface area contributed by atoms with Gasteiger partial charge in [-0.25, -0.2) is 0 Å². The molecule has 0 radical (unpaired) electrons. The Morgan fingerprint density at radius 2 is 2.04 bits per heavy atom. The van der Waals surface area contributed by atoms with E-state index in [0.29, 0.717) is 24.1 Å². The highest BCUT2D eigenvalue weighted by Crippen LogP contribution is 2.28. The predicted octanol–water partition coefficient (Wildman–Crippen LogP) is 3.83. The van der Waals surface area contributed by atoms with Crippen LogP contribution in [0.3, 0.4) is 0 Å². The third-order valence-electron chi connectivity index (χ3n) is 4.94. The van der Waals surface area contributed by atoms with E-state index in [0.717, 1.165) is 30.5 Å². The number of nitrogens with zero attached hydrogens (tertiary/aromatic N) is 3. The number of hydrogen-bond donors (Lipinski definition) is 0. The van der Waals surface area contributed by atoms with Gasteiger partial charge in [0.15, 0.2) is 6.61 Å². The van der Waals surface area contributed by atoms with E-state index in [1.54, 1.807) is 0 Å². The third-order valence-corrected chi connectivity index (χ3v) is 4.94. The summed E-state index contributed by atoms with van der Waals surface area (Å²) in [6.07, 6.45) is 1.84. The molecule has 28 heavy (non-hydrogen) atoms. The number of aryl methyl sites for hydroxylation is 1. The Balaban J connectivity index is 1.37. The van der Waals surface area contributed by atoms with E-state index in [4.69, 9.17) is 9.15 Å². The van der Waals surface area contributed by atoms with Crippen molar-refractivity contribution in [2.75, 3.05) is 19.7 Å². The van der Waals surface area contributed by atoms with Crippen LogP contribution >= 0.6 is 0 Å². The molecular weight excluding hydrogens is 354 g/mol. The van der Waals surface area contributed by atoms with Crippen LogP contribution in [0.4, 0.5) is 0 Å². The average Bonchev–Trinajstić information content (AvgIpc) is 3.23. The molecule has 6 nitrogen and oxygen atoms in total. The van der Waals surface area contributed by atoms with E-state index in [1.807, 2.05) is 66.4 Å². The van der Waals surface area contributed by atoms with Crippen molar-refractivity contribution in [1.29, 1.82) is 0 Å². The first kappa shape index (κ1) is 18.2. The van der Waals surface area contributed by atoms with E-state index in [-0.39, 0.29) is 18.4 Å². The Kier molecular flexibility index (Phi) is 5.37. The normalized spacial score (nSPS) is 16.8. The number of piperidine rings is 1. The summed E-state index contributed by atoms with van der Waals surface area (Å²) in [4.78, 5) is 14.4. The lowest BCUT2D eigenvalue weighted by Gasteiger charge is -2.31. The Morgan fingerprint density at radius 3 is 2.86 bits per heavy atom. The van der Waals surface area contributed by atoms with Gasteiger partial charge in [-0.3, -0.25) is 4.79 Å². The highest BCUT2D eigenvalue weighted by Gasteiger charge is 2.28. The lowest BCUT2D eigenvalue weighted by atomic mass is 9.98. The van der Waals surface area contributed by atoms with Crippen LogP contribution in [-0.4, -0.2) is 40.7 Å². The highest BCUT2D eigenvalue weighted by molar-refractivity contribution is 5.78. The number of carbonyl (C=O) groups excluding carboxylic acids is 1. The van der Waals surface area contributed by atoms with Crippen LogP contribution in [0.1, 0.15) is 30.2 Å². The van der Waals surface area contributed by atoms with Crippen molar-refractivity contribution in [3.63, 3.8) is 0 Å². The summed E-state index contributed by atoms with van der Waals surface area (Å²) in [7, 11) is 0. The molecular formula is C22H23N3O3. The molecule has 0 spiro atoms. The number of rotatable bonds is 5. The van der Waals surface area contributed by atoms with Gasteiger partial charge in [0.25, 0.3) is 5.91 Å². The molecule has 144 valence electrons. The van der Waals surface area contributed by atoms with E-state index in [2.05, 4.69) is 10.2 Å². The standard InChI is InChI=1S/C22H23N3O3/c1-16-7-5-11-19(13-16)27-15-20(26)25-12-6-10-18(14-25)22-24-23-21(28-22)17-8-3-2-4-9-17/h2-5,7-9,11,13,18H,6,10,12,14-15H2,1H3/t18-/m1/s1. The van der Waals surface area contributed by atoms with Crippen molar-refractivity contribution in [3.8, 4) is 17.2 Å². The molecule has 1 aliphatic heterocycles. The molecule has 1 amide bonds. The second-order valence-corrected chi connectivity index (χ2v) is 7.10. The summed E-state index contributed by atoms with van der Waals surface area (Å²) in [5.41, 5.74) is 2.00. The smallest absolute Gasteiger partial charge is 0.260 e. The summed E-state index contributed by atoms with van der Waals surface area (Å²) in [6, 6.07) is 17.4. The van der Waals surface area contributed by atoms with Gasteiger partial charge >= 0.3 is 0 Å². The Labute approximate surface area is 164 Å². The van der Waals surface area contributed by atoms with Crippen LogP contribution in [-0.2, 0) is 4.79 Å². The number of benzene rings is 2. The number of likely N-dealkylation sites (tertiary alicyclic amines) is 1. The topological polar surface area (TPSA) is 68.5 Å². The molecule has 0 bridgehead atoms. The fourth-order valence-electron chi connectivity index (χ4n) is 3.44. The van der Waals surface area contributed by atoms with Crippen LogP contribution in [0.25, 0.3) is 11.5 Å². The van der Waals surface area contributed by atoms with E-state index in [1.165, 1.54) is 0 Å². The Bertz CT molecular complexity index is 939. The average molecular weight is 377 g/mol. The first-order valence-electron chi connectivity index (χ1n) is 9.55. The second kappa shape index (κ2) is 8.25. The van der Waals surface area contributed by atoms with Crippen molar-refractivity contribution in [3.05, 3.63) is 66.1 Å². The number of ether oxygens (including phenoxy) is 1. The van der Waals surface area contributed by atoms with Crippen LogP contribution in [0.15, 0.2) is 59.0 Å². The lowest BCUT2D eigenvalue weighted by Crippen LogP contribution is -2.41. The number of hydrogen-bond acceptors (Lipinski definition) is 5. The summed E-state index contributed by atoms with van der Waals surface area (Å²) < 4.78 is 11.6. The summed E-state index contributed by atoms with van der Waals surface area (Å²) >= 11 is 0. The molecule has 2 aromatic carbocycles. The van der Waals surface area contributed by atoms with E-state index in [9.17, 15) is 4.79 Å². The predicted molar refractivity (Wildman–Crippen MR) is 105 cm³/mol. The first-order valence-corrected chi connectivity index (χ1v) is 9.55. The van der Waals surface area contributed by atoms with E-state index < -0.39 is 0 Å². The molecule has 1 atom stereocenters. The van der Waals surface area contributed by atoms with Gasteiger partial charge in [0.2, 0.25) is 11.8 Å². The zero-order chi connectivity index (χ0) is 19.3. The van der Waals surface area contributed by atoms with Crippen molar-refractivity contribution in [2.45, 2.75) is 25.7 Å².